The molecule has 2 atom stereocenters. The number of hydrogen-bond donors (Lipinski definition) is 4. The van der Waals surface area contributed by atoms with Crippen LogP contribution in [0.25, 0.3) is 0 Å². The molecular weight excluding hydrogens is 452 g/mol. The maximum atomic E-state index is 13.8. The van der Waals surface area contributed by atoms with Crippen LogP contribution in [0.4, 0.5) is 38.5 Å². The lowest BCUT2D eigenvalue weighted by Gasteiger charge is -2.46. The van der Waals surface area contributed by atoms with Gasteiger partial charge in [-0.1, -0.05) is 32.9 Å². The Bertz CT molecular complexity index is 1040. The maximum Gasteiger partial charge on any atom is 0.319 e. The molecule has 0 aliphatic heterocycles. The van der Waals surface area contributed by atoms with Crippen LogP contribution in [0.5, 0.6) is 0 Å². The molecule has 34 heavy (non-hydrogen) atoms. The van der Waals surface area contributed by atoms with Crippen molar-refractivity contribution >= 4 is 23.4 Å². The Labute approximate surface area is 195 Å². The van der Waals surface area contributed by atoms with Gasteiger partial charge in [-0.2, -0.15) is 0 Å². The van der Waals surface area contributed by atoms with Crippen molar-refractivity contribution in [1.82, 2.24) is 10.6 Å². The fourth-order valence-electron chi connectivity index (χ4n) is 4.89. The number of carbonyl (C=O) groups is 2. The average Bonchev–Trinajstić information content (AvgIpc) is 2.71. The van der Waals surface area contributed by atoms with Crippen LogP contribution in [0.15, 0.2) is 36.4 Å². The summed E-state index contributed by atoms with van der Waals surface area (Å²) in [6.07, 6.45) is 1.79. The van der Waals surface area contributed by atoms with Crippen LogP contribution in [0.1, 0.15) is 40.0 Å². The number of hydrogen-bond acceptors (Lipinski definition) is 2. The lowest BCUT2D eigenvalue weighted by molar-refractivity contribution is 0.0761. The predicted molar refractivity (Wildman–Crippen MR) is 121 cm³/mol. The molecular formula is C24H28F4N4O2. The molecule has 1 aliphatic rings. The Hall–Kier alpha value is -3.30. The molecule has 10 heteroatoms. The molecule has 0 saturated heterocycles. The van der Waals surface area contributed by atoms with Crippen molar-refractivity contribution in [3.8, 4) is 0 Å². The Balaban J connectivity index is 1.62. The topological polar surface area (TPSA) is 82.3 Å². The molecule has 0 radical (unpaired) electrons. The van der Waals surface area contributed by atoms with E-state index in [1.165, 1.54) is 12.1 Å². The van der Waals surface area contributed by atoms with Gasteiger partial charge in [0.15, 0.2) is 0 Å². The molecule has 1 aliphatic carbocycles. The first-order valence-electron chi connectivity index (χ1n) is 10.9. The van der Waals surface area contributed by atoms with Crippen molar-refractivity contribution in [1.29, 1.82) is 0 Å². The average molecular weight is 481 g/mol. The third kappa shape index (κ3) is 6.39. The zero-order valence-corrected chi connectivity index (χ0v) is 19.2. The molecule has 6 nitrogen and oxygen atoms in total. The molecule has 184 valence electrons. The van der Waals surface area contributed by atoms with Crippen LogP contribution in [-0.4, -0.2) is 24.6 Å². The summed E-state index contributed by atoms with van der Waals surface area (Å²) in [6, 6.07) is 4.73. The van der Waals surface area contributed by atoms with E-state index in [1.807, 2.05) is 20.8 Å². The second-order valence-corrected chi connectivity index (χ2v) is 9.86. The number of urea groups is 2. The normalized spacial score (nSPS) is 21.4. The summed E-state index contributed by atoms with van der Waals surface area (Å²) in [5, 5.41) is 9.82. The van der Waals surface area contributed by atoms with Crippen molar-refractivity contribution in [2.24, 2.45) is 10.8 Å². The summed E-state index contributed by atoms with van der Waals surface area (Å²) in [5.41, 5.74) is -1.75. The minimum atomic E-state index is -0.887. The molecule has 0 heterocycles. The van der Waals surface area contributed by atoms with E-state index in [1.54, 1.807) is 0 Å². The first-order chi connectivity index (χ1) is 15.9. The standard InChI is InChI=1S/C24H28F4N4O2/c1-23(2)10-14(30-22(34)32-20-17(27)8-5-9-18(20)28)11-24(3,12-23)13-29-21(33)31-19-15(25)6-4-7-16(19)26/h4-9,14H,10-13H2,1-3H3,(H2,29,31,33)(H2,30,32,34)/t14-,24-/m0/s1. The van der Waals surface area contributed by atoms with Gasteiger partial charge in [0, 0.05) is 12.6 Å². The van der Waals surface area contributed by atoms with Crippen LogP contribution in [0, 0.1) is 34.1 Å². The molecule has 1 saturated carbocycles. The Morgan fingerprint density at radius 1 is 0.824 bits per heavy atom. The maximum absolute atomic E-state index is 13.8. The summed E-state index contributed by atoms with van der Waals surface area (Å²) in [5.74, 6) is -3.54. The number of para-hydroxylation sites is 2. The van der Waals surface area contributed by atoms with Gasteiger partial charge < -0.3 is 21.3 Å². The molecule has 0 bridgehead atoms. The molecule has 3 rings (SSSR count). The summed E-state index contributed by atoms with van der Waals surface area (Å²) in [6.45, 7) is 6.14. The first-order valence-corrected chi connectivity index (χ1v) is 10.9. The summed E-state index contributed by atoms with van der Waals surface area (Å²) < 4.78 is 55.3. The van der Waals surface area contributed by atoms with Crippen molar-refractivity contribution < 1.29 is 27.2 Å². The monoisotopic (exact) mass is 480 g/mol. The van der Waals surface area contributed by atoms with Crippen LogP contribution in [0.2, 0.25) is 0 Å². The zero-order chi connectivity index (χ0) is 25.1. The van der Waals surface area contributed by atoms with E-state index in [0.29, 0.717) is 19.3 Å². The van der Waals surface area contributed by atoms with Gasteiger partial charge in [0.05, 0.1) is 0 Å². The number of halogens is 4. The minimum absolute atomic E-state index is 0.181. The van der Waals surface area contributed by atoms with E-state index in [-0.39, 0.29) is 18.0 Å². The molecule has 4 amide bonds. The Kier molecular flexibility index (Phi) is 7.38. The van der Waals surface area contributed by atoms with Gasteiger partial charge in [0.2, 0.25) is 0 Å². The third-order valence-electron chi connectivity index (χ3n) is 5.86. The Morgan fingerprint density at radius 2 is 1.29 bits per heavy atom. The molecule has 0 spiro atoms. The van der Waals surface area contributed by atoms with E-state index in [2.05, 4.69) is 21.3 Å². The fraction of sp³-hybridized carbons (Fsp3) is 0.417. The van der Waals surface area contributed by atoms with E-state index >= 15 is 0 Å². The zero-order valence-electron chi connectivity index (χ0n) is 19.2. The molecule has 1 fully saturated rings. The number of nitrogens with one attached hydrogen (secondary N) is 4. The second kappa shape index (κ2) is 9.90. The van der Waals surface area contributed by atoms with Gasteiger partial charge >= 0.3 is 12.1 Å². The molecule has 4 N–H and O–H groups in total. The largest absolute Gasteiger partial charge is 0.337 e. The third-order valence-corrected chi connectivity index (χ3v) is 5.86. The van der Waals surface area contributed by atoms with Gasteiger partial charge in [-0.25, -0.2) is 27.2 Å². The smallest absolute Gasteiger partial charge is 0.319 e. The lowest BCUT2D eigenvalue weighted by atomic mass is 9.62. The highest BCUT2D eigenvalue weighted by Crippen LogP contribution is 2.45. The predicted octanol–water partition coefficient (Wildman–Crippen LogP) is 5.77. The molecule has 2 aromatic rings. The lowest BCUT2D eigenvalue weighted by Crippen LogP contribution is -2.51. The summed E-state index contributed by atoms with van der Waals surface area (Å²) in [7, 11) is 0. The van der Waals surface area contributed by atoms with Crippen LogP contribution < -0.4 is 21.3 Å². The van der Waals surface area contributed by atoms with Crippen molar-refractivity contribution in [3.05, 3.63) is 59.7 Å². The summed E-state index contributed by atoms with van der Waals surface area (Å²) in [4.78, 5) is 24.7. The van der Waals surface area contributed by atoms with Crippen molar-refractivity contribution in [3.63, 3.8) is 0 Å². The molecule has 0 aromatic heterocycles. The highest BCUT2D eigenvalue weighted by Gasteiger charge is 2.42. The van der Waals surface area contributed by atoms with Gasteiger partial charge in [-0.05, 0) is 54.4 Å². The second-order valence-electron chi connectivity index (χ2n) is 9.86. The Morgan fingerprint density at radius 3 is 1.79 bits per heavy atom. The highest BCUT2D eigenvalue weighted by atomic mass is 19.1. The fourth-order valence-corrected chi connectivity index (χ4v) is 4.89. The quantitative estimate of drug-likeness (QED) is 0.410. The van der Waals surface area contributed by atoms with E-state index in [0.717, 1.165) is 24.3 Å². The van der Waals surface area contributed by atoms with Gasteiger partial charge in [0.1, 0.15) is 34.6 Å². The van der Waals surface area contributed by atoms with Crippen molar-refractivity contribution in [2.75, 3.05) is 17.2 Å². The van der Waals surface area contributed by atoms with Crippen molar-refractivity contribution in [2.45, 2.75) is 46.1 Å². The van der Waals surface area contributed by atoms with Crippen LogP contribution in [0.3, 0.4) is 0 Å². The van der Waals surface area contributed by atoms with E-state index < -0.39 is 52.1 Å². The molecule has 2 aromatic carbocycles. The van der Waals surface area contributed by atoms with Crippen LogP contribution in [-0.2, 0) is 0 Å². The minimum Gasteiger partial charge on any atom is -0.337 e. The van der Waals surface area contributed by atoms with Crippen LogP contribution >= 0.6 is 0 Å². The number of rotatable bonds is 5. The highest BCUT2D eigenvalue weighted by molar-refractivity contribution is 5.90. The number of carbonyl (C=O) groups excluding carboxylic acids is 2. The van der Waals surface area contributed by atoms with Gasteiger partial charge in [0.25, 0.3) is 0 Å². The number of benzene rings is 2. The first kappa shape index (κ1) is 25.3. The molecule has 0 unspecified atom stereocenters. The van der Waals surface area contributed by atoms with Gasteiger partial charge in [-0.3, -0.25) is 0 Å². The number of anilines is 2. The van der Waals surface area contributed by atoms with E-state index in [9.17, 15) is 27.2 Å². The number of amides is 4. The SMILES string of the molecule is CC1(C)C[C@H](NC(=O)Nc2c(F)cccc2F)C[C@](C)(CNC(=O)Nc2c(F)cccc2F)C1. The van der Waals surface area contributed by atoms with Gasteiger partial charge in [-0.15, -0.1) is 0 Å². The summed E-state index contributed by atoms with van der Waals surface area (Å²) >= 11 is 0. The van der Waals surface area contributed by atoms with E-state index in [4.69, 9.17) is 0 Å².